The molecule has 2 atom stereocenters. The Morgan fingerprint density at radius 3 is 2.52 bits per heavy atom. The van der Waals surface area contributed by atoms with Gasteiger partial charge < -0.3 is 4.74 Å². The van der Waals surface area contributed by atoms with Gasteiger partial charge in [-0.05, 0) is 38.0 Å². The summed E-state index contributed by atoms with van der Waals surface area (Å²) in [4.78, 5) is 12.2. The summed E-state index contributed by atoms with van der Waals surface area (Å²) in [5.41, 5.74) is -1.19. The van der Waals surface area contributed by atoms with E-state index in [1.165, 1.54) is 0 Å². The Balaban J connectivity index is 2.84. The van der Waals surface area contributed by atoms with E-state index >= 15 is 0 Å². The number of carbonyl (C=O) groups excluding carboxylic acids is 1. The summed E-state index contributed by atoms with van der Waals surface area (Å²) in [7, 11) is 0. The monoisotopic (exact) mass is 309 g/mol. The molecule has 0 heterocycles. The largest absolute Gasteiger partial charge is 0.465 e. The number of nitrogens with one attached hydrogen (secondary N) is 1. The molecule has 0 aromatic rings. The molecule has 1 saturated carbocycles. The van der Waals surface area contributed by atoms with E-state index in [1.54, 1.807) is 6.92 Å². The molecule has 1 aliphatic rings. The second kappa shape index (κ2) is 7.47. The van der Waals surface area contributed by atoms with Gasteiger partial charge in [-0.1, -0.05) is 26.7 Å². The van der Waals surface area contributed by atoms with E-state index < -0.39 is 24.2 Å². The predicted octanol–water partition coefficient (Wildman–Crippen LogP) is 3.68. The van der Waals surface area contributed by atoms with Crippen molar-refractivity contribution in [3.8, 4) is 0 Å². The number of rotatable bonds is 5. The number of esters is 1. The summed E-state index contributed by atoms with van der Waals surface area (Å²) < 4.78 is 42.6. The molecule has 1 rings (SSSR count). The molecule has 1 aliphatic carbocycles. The fourth-order valence-electron chi connectivity index (χ4n) is 3.03. The van der Waals surface area contributed by atoms with Gasteiger partial charge in [-0.2, -0.15) is 13.2 Å². The smallest absolute Gasteiger partial charge is 0.401 e. The van der Waals surface area contributed by atoms with Crippen LogP contribution in [0.25, 0.3) is 0 Å². The van der Waals surface area contributed by atoms with Crippen LogP contribution in [0.2, 0.25) is 0 Å². The number of halogens is 3. The lowest BCUT2D eigenvalue weighted by Crippen LogP contribution is -2.55. The molecule has 21 heavy (non-hydrogen) atoms. The van der Waals surface area contributed by atoms with Crippen LogP contribution in [0.15, 0.2) is 0 Å². The zero-order chi connectivity index (χ0) is 16.1. The van der Waals surface area contributed by atoms with Gasteiger partial charge in [-0.15, -0.1) is 0 Å². The van der Waals surface area contributed by atoms with Crippen molar-refractivity contribution in [3.05, 3.63) is 0 Å². The van der Waals surface area contributed by atoms with E-state index in [4.69, 9.17) is 4.74 Å². The second-order valence-electron chi connectivity index (χ2n) is 6.21. The Morgan fingerprint density at radius 2 is 2.00 bits per heavy atom. The van der Waals surface area contributed by atoms with Crippen LogP contribution in [0.4, 0.5) is 13.2 Å². The Labute approximate surface area is 124 Å². The minimum absolute atomic E-state index is 0.182. The van der Waals surface area contributed by atoms with Crippen LogP contribution < -0.4 is 5.32 Å². The van der Waals surface area contributed by atoms with Crippen molar-refractivity contribution in [3.63, 3.8) is 0 Å². The van der Waals surface area contributed by atoms with E-state index in [9.17, 15) is 18.0 Å². The van der Waals surface area contributed by atoms with Crippen LogP contribution in [0.5, 0.6) is 0 Å². The lowest BCUT2D eigenvalue weighted by atomic mass is 9.86. The third kappa shape index (κ3) is 5.49. The minimum Gasteiger partial charge on any atom is -0.465 e. The van der Waals surface area contributed by atoms with Gasteiger partial charge in [0.15, 0.2) is 0 Å². The first-order valence-corrected chi connectivity index (χ1v) is 7.69. The summed E-state index contributed by atoms with van der Waals surface area (Å²) >= 11 is 0. The number of alkyl halides is 3. The van der Waals surface area contributed by atoms with Crippen molar-refractivity contribution in [2.75, 3.05) is 13.2 Å². The Morgan fingerprint density at radius 1 is 1.33 bits per heavy atom. The molecule has 6 heteroatoms. The maximum Gasteiger partial charge on any atom is 0.401 e. The van der Waals surface area contributed by atoms with E-state index in [0.29, 0.717) is 24.7 Å². The Bertz CT molecular complexity index is 344. The van der Waals surface area contributed by atoms with Gasteiger partial charge in [0.2, 0.25) is 0 Å². The lowest BCUT2D eigenvalue weighted by Gasteiger charge is -2.32. The van der Waals surface area contributed by atoms with Gasteiger partial charge in [0, 0.05) is 0 Å². The average molecular weight is 309 g/mol. The average Bonchev–Trinajstić information content (AvgIpc) is 2.59. The molecule has 0 saturated heterocycles. The van der Waals surface area contributed by atoms with Crippen LogP contribution in [0.3, 0.4) is 0 Å². The fourth-order valence-corrected chi connectivity index (χ4v) is 3.03. The third-order valence-electron chi connectivity index (χ3n) is 4.36. The SMILES string of the molecule is CCOC(=O)C1(NCC(F)(F)F)CCCC(C(C)C)CC1. The van der Waals surface area contributed by atoms with Crippen molar-refractivity contribution < 1.29 is 22.7 Å². The highest BCUT2D eigenvalue weighted by Crippen LogP contribution is 2.35. The molecule has 0 aliphatic heterocycles. The zero-order valence-electron chi connectivity index (χ0n) is 13.1. The molecular formula is C15H26F3NO2. The lowest BCUT2D eigenvalue weighted by molar-refractivity contribution is -0.156. The quantitative estimate of drug-likeness (QED) is 0.622. The van der Waals surface area contributed by atoms with Crippen molar-refractivity contribution in [1.29, 1.82) is 0 Å². The summed E-state index contributed by atoms with van der Waals surface area (Å²) in [5.74, 6) is 0.387. The highest BCUT2D eigenvalue weighted by atomic mass is 19.4. The third-order valence-corrected chi connectivity index (χ3v) is 4.36. The molecular weight excluding hydrogens is 283 g/mol. The molecule has 1 N–H and O–H groups in total. The van der Waals surface area contributed by atoms with Crippen molar-refractivity contribution in [2.45, 2.75) is 64.6 Å². The van der Waals surface area contributed by atoms with E-state index in [-0.39, 0.29) is 6.61 Å². The highest BCUT2D eigenvalue weighted by molar-refractivity contribution is 5.81. The maximum atomic E-state index is 12.5. The first kappa shape index (κ1) is 18.3. The molecule has 0 spiro atoms. The van der Waals surface area contributed by atoms with Gasteiger partial charge in [0.1, 0.15) is 5.54 Å². The Kier molecular flexibility index (Phi) is 6.50. The van der Waals surface area contributed by atoms with Crippen molar-refractivity contribution in [2.24, 2.45) is 11.8 Å². The molecule has 0 bridgehead atoms. The normalized spacial score (nSPS) is 27.5. The maximum absolute atomic E-state index is 12.5. The van der Waals surface area contributed by atoms with Crippen LogP contribution in [0, 0.1) is 11.8 Å². The number of carbonyl (C=O) groups is 1. The molecule has 0 aromatic carbocycles. The number of hydrogen-bond donors (Lipinski definition) is 1. The summed E-state index contributed by atoms with van der Waals surface area (Å²) in [6.07, 6.45) is -1.07. The van der Waals surface area contributed by atoms with E-state index in [0.717, 1.165) is 19.3 Å². The zero-order valence-corrected chi connectivity index (χ0v) is 13.1. The standard InChI is InChI=1S/C15H26F3NO2/c1-4-21-13(20)14(19-10-15(16,17)18)8-5-6-12(7-9-14)11(2)3/h11-12,19H,4-10H2,1-3H3. The molecule has 0 amide bonds. The van der Waals surface area contributed by atoms with Gasteiger partial charge in [0.05, 0.1) is 13.2 Å². The summed E-state index contributed by atoms with van der Waals surface area (Å²) in [6.45, 7) is 4.93. The number of ether oxygens (including phenoxy) is 1. The molecule has 2 unspecified atom stereocenters. The van der Waals surface area contributed by atoms with Crippen LogP contribution in [-0.2, 0) is 9.53 Å². The summed E-state index contributed by atoms with van der Waals surface area (Å²) in [5, 5.41) is 2.46. The predicted molar refractivity (Wildman–Crippen MR) is 74.8 cm³/mol. The Hall–Kier alpha value is -0.780. The fraction of sp³-hybridized carbons (Fsp3) is 0.933. The molecule has 124 valence electrons. The van der Waals surface area contributed by atoms with E-state index in [2.05, 4.69) is 19.2 Å². The highest BCUT2D eigenvalue weighted by Gasteiger charge is 2.44. The van der Waals surface area contributed by atoms with Crippen LogP contribution in [-0.4, -0.2) is 30.8 Å². The van der Waals surface area contributed by atoms with Crippen LogP contribution in [0.1, 0.15) is 52.9 Å². The topological polar surface area (TPSA) is 38.3 Å². The minimum atomic E-state index is -4.33. The van der Waals surface area contributed by atoms with Gasteiger partial charge in [-0.3, -0.25) is 10.1 Å². The van der Waals surface area contributed by atoms with Crippen molar-refractivity contribution >= 4 is 5.97 Å². The van der Waals surface area contributed by atoms with Gasteiger partial charge >= 0.3 is 12.1 Å². The number of hydrogen-bond acceptors (Lipinski definition) is 3. The van der Waals surface area contributed by atoms with E-state index in [1.807, 2.05) is 0 Å². The van der Waals surface area contributed by atoms with Gasteiger partial charge in [-0.25, -0.2) is 0 Å². The van der Waals surface area contributed by atoms with Crippen LogP contribution >= 0.6 is 0 Å². The first-order valence-electron chi connectivity index (χ1n) is 7.69. The second-order valence-corrected chi connectivity index (χ2v) is 6.21. The van der Waals surface area contributed by atoms with Gasteiger partial charge in [0.25, 0.3) is 0 Å². The van der Waals surface area contributed by atoms with Crippen molar-refractivity contribution in [1.82, 2.24) is 5.32 Å². The molecule has 1 fully saturated rings. The molecule has 0 aromatic heterocycles. The first-order chi connectivity index (χ1) is 9.70. The summed E-state index contributed by atoms with van der Waals surface area (Å²) in [6, 6.07) is 0. The molecule has 0 radical (unpaired) electrons. The molecule has 3 nitrogen and oxygen atoms in total.